The van der Waals surface area contributed by atoms with Crippen molar-refractivity contribution in [3.05, 3.63) is 80.7 Å². The number of nitrogens with zero attached hydrogens (tertiary/aromatic N) is 2. The summed E-state index contributed by atoms with van der Waals surface area (Å²) in [6.45, 7) is 2.91. The molecule has 0 saturated heterocycles. The van der Waals surface area contributed by atoms with E-state index in [9.17, 15) is 9.59 Å². The van der Waals surface area contributed by atoms with E-state index in [4.69, 9.17) is 9.47 Å². The third-order valence-electron chi connectivity index (χ3n) is 5.22. The maximum absolute atomic E-state index is 13.3. The van der Waals surface area contributed by atoms with Crippen LogP contribution in [0.5, 0.6) is 0 Å². The number of amides is 1. The Morgan fingerprint density at radius 3 is 2.73 bits per heavy atom. The number of ether oxygens (including phenoxy) is 2. The maximum atomic E-state index is 13.3. The van der Waals surface area contributed by atoms with Gasteiger partial charge in [-0.05, 0) is 29.3 Å². The van der Waals surface area contributed by atoms with Crippen molar-refractivity contribution in [2.24, 2.45) is 4.99 Å². The molecule has 1 atom stereocenters. The highest BCUT2D eigenvalue weighted by molar-refractivity contribution is 8.16. The number of thiophene rings is 1. The summed E-state index contributed by atoms with van der Waals surface area (Å²) in [6, 6.07) is 13.1. The first-order chi connectivity index (χ1) is 16.1. The minimum atomic E-state index is -0.404. The molecule has 1 N–H and O–H groups in total. The van der Waals surface area contributed by atoms with Crippen molar-refractivity contribution in [3.63, 3.8) is 0 Å². The maximum Gasteiger partial charge on any atom is 0.338 e. The third kappa shape index (κ3) is 5.38. The summed E-state index contributed by atoms with van der Waals surface area (Å²) in [5.74, 6) is -0.511. The molecule has 172 valence electrons. The van der Waals surface area contributed by atoms with E-state index in [0.29, 0.717) is 24.4 Å². The lowest BCUT2D eigenvalue weighted by molar-refractivity contribution is -0.141. The number of amidine groups is 1. The smallest absolute Gasteiger partial charge is 0.338 e. The number of aliphatic imine (C=N–C) groups is 1. The van der Waals surface area contributed by atoms with E-state index >= 15 is 0 Å². The summed E-state index contributed by atoms with van der Waals surface area (Å²) in [5, 5.41) is 7.52. The number of esters is 1. The average Bonchev–Trinajstić information content (AvgIpc) is 3.48. The largest absolute Gasteiger partial charge is 0.457 e. The number of fused-ring (bicyclic) bond motifs is 1. The van der Waals surface area contributed by atoms with E-state index in [1.165, 1.54) is 11.8 Å². The van der Waals surface area contributed by atoms with Gasteiger partial charge in [-0.15, -0.1) is 11.3 Å². The molecule has 7 nitrogen and oxygen atoms in total. The molecule has 0 radical (unpaired) electrons. The van der Waals surface area contributed by atoms with E-state index in [1.807, 2.05) is 65.1 Å². The lowest BCUT2D eigenvalue weighted by Crippen LogP contribution is -2.38. The summed E-state index contributed by atoms with van der Waals surface area (Å²) >= 11 is 3.02. The second-order valence-corrected chi connectivity index (χ2v) is 9.31. The van der Waals surface area contributed by atoms with Gasteiger partial charge in [0.1, 0.15) is 12.6 Å². The number of benzene rings is 1. The van der Waals surface area contributed by atoms with Gasteiger partial charge in [-0.1, -0.05) is 48.2 Å². The number of carbonyl (C=O) groups is 2. The number of allylic oxidation sites excluding steroid dienone is 1. The summed E-state index contributed by atoms with van der Waals surface area (Å²) < 4.78 is 10.7. The Morgan fingerprint density at radius 1 is 1.18 bits per heavy atom. The zero-order valence-electron chi connectivity index (χ0n) is 18.4. The number of rotatable bonds is 9. The van der Waals surface area contributed by atoms with Gasteiger partial charge in [0.15, 0.2) is 5.17 Å². The predicted octanol–water partition coefficient (Wildman–Crippen LogP) is 4.22. The van der Waals surface area contributed by atoms with Gasteiger partial charge >= 0.3 is 5.97 Å². The van der Waals surface area contributed by atoms with Crippen LogP contribution in [0.25, 0.3) is 0 Å². The van der Waals surface area contributed by atoms with E-state index < -0.39 is 12.0 Å². The van der Waals surface area contributed by atoms with E-state index in [-0.39, 0.29) is 18.9 Å². The van der Waals surface area contributed by atoms with Crippen LogP contribution < -0.4 is 5.32 Å². The Bertz CT molecular complexity index is 1090. The van der Waals surface area contributed by atoms with Crippen molar-refractivity contribution in [1.29, 1.82) is 0 Å². The SMILES string of the molecule is COCCNC(=O)CC1=CSC2=NC(C)=C(C(=O)OCc3ccccc3)C(c3cccs3)N12. The molecule has 0 saturated carbocycles. The molecular weight excluding hydrogens is 458 g/mol. The van der Waals surface area contributed by atoms with Crippen LogP contribution in [0, 0.1) is 0 Å². The standard InChI is InChI=1S/C24H25N3O4S2/c1-16-21(23(29)31-14-17-7-4-3-5-8-17)22(19-9-6-12-32-19)27-18(15-33-24(27)26-16)13-20(28)25-10-11-30-2/h3-9,12,15,22H,10-11,13-14H2,1-2H3,(H,25,28). The third-order valence-corrected chi connectivity index (χ3v) is 7.03. The Kier molecular flexibility index (Phi) is 7.64. The molecular formula is C24H25N3O4S2. The minimum Gasteiger partial charge on any atom is -0.457 e. The Morgan fingerprint density at radius 2 is 2.00 bits per heavy atom. The first-order valence-corrected chi connectivity index (χ1v) is 12.3. The van der Waals surface area contributed by atoms with Crippen LogP contribution >= 0.6 is 23.1 Å². The Balaban J connectivity index is 1.58. The first-order valence-electron chi connectivity index (χ1n) is 10.5. The van der Waals surface area contributed by atoms with Crippen LogP contribution in [-0.2, 0) is 25.7 Å². The zero-order valence-corrected chi connectivity index (χ0v) is 20.1. The van der Waals surface area contributed by atoms with Crippen LogP contribution in [0.4, 0.5) is 0 Å². The van der Waals surface area contributed by atoms with Crippen LogP contribution in [0.1, 0.15) is 29.8 Å². The molecule has 4 rings (SSSR count). The second-order valence-electron chi connectivity index (χ2n) is 7.49. The fourth-order valence-corrected chi connectivity index (χ4v) is 5.45. The number of methoxy groups -OCH3 is 1. The normalized spacial score (nSPS) is 17.4. The highest BCUT2D eigenvalue weighted by atomic mass is 32.2. The van der Waals surface area contributed by atoms with Gasteiger partial charge in [0.25, 0.3) is 0 Å². The minimum absolute atomic E-state index is 0.107. The molecule has 0 fully saturated rings. The van der Waals surface area contributed by atoms with Gasteiger partial charge in [-0.2, -0.15) is 0 Å². The number of hydrogen-bond acceptors (Lipinski definition) is 8. The lowest BCUT2D eigenvalue weighted by atomic mass is 9.99. The molecule has 0 spiro atoms. The summed E-state index contributed by atoms with van der Waals surface area (Å²) in [5.41, 5.74) is 2.84. The monoisotopic (exact) mass is 483 g/mol. The van der Waals surface area contributed by atoms with Crippen LogP contribution in [0.3, 0.4) is 0 Å². The molecule has 1 aromatic heterocycles. The van der Waals surface area contributed by atoms with Gasteiger partial charge in [0, 0.05) is 24.2 Å². The van der Waals surface area contributed by atoms with Gasteiger partial charge in [-0.3, -0.25) is 4.79 Å². The lowest BCUT2D eigenvalue weighted by Gasteiger charge is -2.35. The van der Waals surface area contributed by atoms with E-state index in [2.05, 4.69) is 10.3 Å². The van der Waals surface area contributed by atoms with Crippen molar-refractivity contribution in [1.82, 2.24) is 10.2 Å². The van der Waals surface area contributed by atoms with Crippen molar-refractivity contribution in [3.8, 4) is 0 Å². The molecule has 1 aromatic carbocycles. The summed E-state index contributed by atoms with van der Waals surface area (Å²) in [7, 11) is 1.59. The zero-order chi connectivity index (χ0) is 23.2. The number of nitrogens with one attached hydrogen (secondary N) is 1. The number of hydrogen-bond donors (Lipinski definition) is 1. The molecule has 3 heterocycles. The fraction of sp³-hybridized carbons (Fsp3) is 0.292. The predicted molar refractivity (Wildman–Crippen MR) is 130 cm³/mol. The van der Waals surface area contributed by atoms with Crippen molar-refractivity contribution >= 4 is 40.1 Å². The van der Waals surface area contributed by atoms with E-state index in [0.717, 1.165) is 21.3 Å². The molecule has 1 amide bonds. The summed E-state index contributed by atoms with van der Waals surface area (Å²) in [4.78, 5) is 33.4. The molecule has 1 unspecified atom stereocenters. The van der Waals surface area contributed by atoms with Gasteiger partial charge < -0.3 is 19.7 Å². The number of carbonyl (C=O) groups excluding carboxylic acids is 2. The second kappa shape index (κ2) is 10.8. The van der Waals surface area contributed by atoms with Crippen molar-refractivity contribution < 1.29 is 19.1 Å². The topological polar surface area (TPSA) is 80.2 Å². The Hall–Kier alpha value is -2.88. The van der Waals surface area contributed by atoms with Gasteiger partial charge in [-0.25, -0.2) is 9.79 Å². The highest BCUT2D eigenvalue weighted by Gasteiger charge is 2.41. The molecule has 0 aliphatic carbocycles. The van der Waals surface area contributed by atoms with Gasteiger partial charge in [0.2, 0.25) is 5.91 Å². The van der Waals surface area contributed by atoms with Crippen molar-refractivity contribution in [2.45, 2.75) is 26.0 Å². The first kappa shape index (κ1) is 23.3. The highest BCUT2D eigenvalue weighted by Crippen LogP contribution is 2.45. The molecule has 9 heteroatoms. The number of thioether (sulfide) groups is 1. The quantitative estimate of drug-likeness (QED) is 0.425. The fourth-order valence-electron chi connectivity index (χ4n) is 3.67. The van der Waals surface area contributed by atoms with Crippen LogP contribution in [-0.4, -0.2) is 42.2 Å². The molecule has 2 aliphatic heterocycles. The molecule has 0 bridgehead atoms. The molecule has 33 heavy (non-hydrogen) atoms. The summed E-state index contributed by atoms with van der Waals surface area (Å²) in [6.07, 6.45) is 0.184. The van der Waals surface area contributed by atoms with Crippen molar-refractivity contribution in [2.75, 3.05) is 20.3 Å². The average molecular weight is 484 g/mol. The van der Waals surface area contributed by atoms with Crippen LogP contribution in [0.15, 0.2) is 75.2 Å². The Labute approximate surface area is 201 Å². The van der Waals surface area contributed by atoms with Crippen LogP contribution in [0.2, 0.25) is 0 Å². The van der Waals surface area contributed by atoms with Gasteiger partial charge in [0.05, 0.1) is 24.3 Å². The molecule has 2 aliphatic rings. The molecule has 2 aromatic rings. The van der Waals surface area contributed by atoms with E-state index in [1.54, 1.807) is 18.4 Å².